The highest BCUT2D eigenvalue weighted by Gasteiger charge is 2.08. The molecule has 0 saturated carbocycles. The molecule has 0 heterocycles. The molecule has 0 aliphatic carbocycles. The summed E-state index contributed by atoms with van der Waals surface area (Å²) < 4.78 is 23.1. The Labute approximate surface area is 185 Å². The van der Waals surface area contributed by atoms with Gasteiger partial charge in [0.05, 0.1) is 4.90 Å². The Bertz CT molecular complexity index is 1000. The van der Waals surface area contributed by atoms with Crippen LogP contribution in [0.1, 0.15) is 28.4 Å². The van der Waals surface area contributed by atoms with Crippen molar-refractivity contribution in [3.8, 4) is 0 Å². The molecule has 7 nitrogen and oxygen atoms in total. The Morgan fingerprint density at radius 1 is 1.00 bits per heavy atom. The summed E-state index contributed by atoms with van der Waals surface area (Å²) in [6, 6.07) is 14.6. The van der Waals surface area contributed by atoms with Crippen LogP contribution in [-0.4, -0.2) is 65.2 Å². The summed E-state index contributed by atoms with van der Waals surface area (Å²) in [6.45, 7) is 4.04. The molecule has 8 heteroatoms. The molecule has 0 atom stereocenters. The van der Waals surface area contributed by atoms with E-state index in [0.717, 1.165) is 36.5 Å². The molecule has 0 aliphatic heterocycles. The summed E-state index contributed by atoms with van der Waals surface area (Å²) in [5.74, 6) is 0.727. The van der Waals surface area contributed by atoms with Gasteiger partial charge < -0.3 is 15.5 Å². The highest BCUT2D eigenvalue weighted by molar-refractivity contribution is 7.90. The molecule has 0 saturated heterocycles. The third-order valence-corrected chi connectivity index (χ3v) is 5.78. The quantitative estimate of drug-likeness (QED) is 0.457. The highest BCUT2D eigenvalue weighted by Crippen LogP contribution is 2.11. The SMILES string of the molecule is CCNC(=NCCc1ccc(S(C)(=O)=O)cc1)NCCc1cccc(C(=O)N(C)C)c1. The van der Waals surface area contributed by atoms with Gasteiger partial charge in [0, 0.05) is 45.5 Å². The average molecular weight is 445 g/mol. The van der Waals surface area contributed by atoms with Crippen molar-refractivity contribution < 1.29 is 13.2 Å². The molecular weight excluding hydrogens is 412 g/mol. The molecule has 0 aromatic heterocycles. The first-order valence-electron chi connectivity index (χ1n) is 10.3. The van der Waals surface area contributed by atoms with Gasteiger partial charge in [-0.3, -0.25) is 9.79 Å². The smallest absolute Gasteiger partial charge is 0.253 e. The number of rotatable bonds is 9. The van der Waals surface area contributed by atoms with Gasteiger partial charge in [0.2, 0.25) is 0 Å². The van der Waals surface area contributed by atoms with Crippen LogP contribution in [0.5, 0.6) is 0 Å². The van der Waals surface area contributed by atoms with E-state index in [-0.39, 0.29) is 5.91 Å². The van der Waals surface area contributed by atoms with Crippen molar-refractivity contribution in [2.45, 2.75) is 24.7 Å². The van der Waals surface area contributed by atoms with Gasteiger partial charge in [-0.1, -0.05) is 24.3 Å². The largest absolute Gasteiger partial charge is 0.357 e. The van der Waals surface area contributed by atoms with Crippen LogP contribution < -0.4 is 10.6 Å². The fourth-order valence-corrected chi connectivity index (χ4v) is 3.62. The van der Waals surface area contributed by atoms with Crippen molar-refractivity contribution in [1.29, 1.82) is 0 Å². The molecule has 0 unspecified atom stereocenters. The van der Waals surface area contributed by atoms with Crippen molar-refractivity contribution in [3.05, 3.63) is 65.2 Å². The summed E-state index contributed by atoms with van der Waals surface area (Å²) in [5.41, 5.74) is 2.81. The first-order chi connectivity index (χ1) is 14.7. The van der Waals surface area contributed by atoms with E-state index in [2.05, 4.69) is 15.6 Å². The summed E-state index contributed by atoms with van der Waals surface area (Å²) >= 11 is 0. The molecule has 31 heavy (non-hydrogen) atoms. The van der Waals surface area contributed by atoms with Gasteiger partial charge in [0.1, 0.15) is 0 Å². The minimum Gasteiger partial charge on any atom is -0.357 e. The maximum Gasteiger partial charge on any atom is 0.253 e. The van der Waals surface area contributed by atoms with E-state index in [1.807, 2.05) is 43.3 Å². The standard InChI is InChI=1S/C23H32N4O3S/c1-5-24-23(25-15-13-18-9-11-21(12-10-18)31(4,29)30)26-16-14-19-7-6-8-20(17-19)22(28)27(2)3/h6-12,17H,5,13-16H2,1-4H3,(H2,24,25,26). The zero-order valence-electron chi connectivity index (χ0n) is 18.7. The normalized spacial score (nSPS) is 11.8. The van der Waals surface area contributed by atoms with E-state index in [0.29, 0.717) is 23.5 Å². The molecular formula is C23H32N4O3S. The number of carbonyl (C=O) groups is 1. The lowest BCUT2D eigenvalue weighted by molar-refractivity contribution is 0.0827. The summed E-state index contributed by atoms with van der Waals surface area (Å²) in [7, 11) is 0.317. The predicted molar refractivity (Wildman–Crippen MR) is 125 cm³/mol. The van der Waals surface area contributed by atoms with Gasteiger partial charge in [0.25, 0.3) is 5.91 Å². The minimum atomic E-state index is -3.17. The van der Waals surface area contributed by atoms with Crippen molar-refractivity contribution in [3.63, 3.8) is 0 Å². The topological polar surface area (TPSA) is 90.9 Å². The lowest BCUT2D eigenvalue weighted by Gasteiger charge is -2.13. The molecule has 2 rings (SSSR count). The van der Waals surface area contributed by atoms with E-state index < -0.39 is 9.84 Å². The molecule has 0 radical (unpaired) electrons. The third-order valence-electron chi connectivity index (χ3n) is 4.65. The monoisotopic (exact) mass is 444 g/mol. The van der Waals surface area contributed by atoms with E-state index >= 15 is 0 Å². The second kappa shape index (κ2) is 11.5. The van der Waals surface area contributed by atoms with Gasteiger partial charge >= 0.3 is 0 Å². The van der Waals surface area contributed by atoms with Crippen LogP contribution in [0.3, 0.4) is 0 Å². The number of carbonyl (C=O) groups excluding carboxylic acids is 1. The van der Waals surface area contributed by atoms with E-state index in [4.69, 9.17) is 0 Å². The minimum absolute atomic E-state index is 0.00530. The molecule has 0 bridgehead atoms. The third kappa shape index (κ3) is 8.05. The summed E-state index contributed by atoms with van der Waals surface area (Å²) in [6.07, 6.45) is 2.69. The Hall–Kier alpha value is -2.87. The number of aliphatic imine (C=N–C) groups is 1. The van der Waals surface area contributed by atoms with Gasteiger partial charge in [-0.15, -0.1) is 0 Å². The number of hydrogen-bond acceptors (Lipinski definition) is 4. The fourth-order valence-electron chi connectivity index (χ4n) is 2.99. The van der Waals surface area contributed by atoms with E-state index in [9.17, 15) is 13.2 Å². The molecule has 0 aliphatic rings. The van der Waals surface area contributed by atoms with Crippen LogP contribution in [0.15, 0.2) is 58.4 Å². The lowest BCUT2D eigenvalue weighted by Crippen LogP contribution is -2.38. The maximum atomic E-state index is 12.1. The average Bonchev–Trinajstić information content (AvgIpc) is 2.73. The highest BCUT2D eigenvalue weighted by atomic mass is 32.2. The molecule has 2 aromatic carbocycles. The Balaban J connectivity index is 1.89. The van der Waals surface area contributed by atoms with Gasteiger partial charge in [-0.2, -0.15) is 0 Å². The first-order valence-corrected chi connectivity index (χ1v) is 12.2. The number of amides is 1. The Kier molecular flexibility index (Phi) is 9.05. The number of hydrogen-bond donors (Lipinski definition) is 2. The molecule has 168 valence electrons. The first kappa shape index (κ1) is 24.4. The maximum absolute atomic E-state index is 12.1. The molecule has 0 fully saturated rings. The number of benzene rings is 2. The number of nitrogens with zero attached hydrogens (tertiary/aromatic N) is 2. The van der Waals surface area contributed by atoms with Crippen LogP contribution in [0, 0.1) is 0 Å². The predicted octanol–water partition coefficient (Wildman–Crippen LogP) is 2.13. The second-order valence-corrected chi connectivity index (χ2v) is 9.52. The van der Waals surface area contributed by atoms with E-state index in [1.54, 1.807) is 31.1 Å². The molecule has 2 aromatic rings. The van der Waals surface area contributed by atoms with Crippen molar-refractivity contribution in [1.82, 2.24) is 15.5 Å². The van der Waals surface area contributed by atoms with E-state index in [1.165, 1.54) is 6.26 Å². The summed E-state index contributed by atoms with van der Waals surface area (Å²) in [4.78, 5) is 18.6. The lowest BCUT2D eigenvalue weighted by atomic mass is 10.1. The number of sulfone groups is 1. The van der Waals surface area contributed by atoms with Gasteiger partial charge in [-0.05, 0) is 55.2 Å². The van der Waals surface area contributed by atoms with Crippen molar-refractivity contribution >= 4 is 21.7 Å². The molecule has 1 amide bonds. The Morgan fingerprint density at radius 2 is 1.71 bits per heavy atom. The van der Waals surface area contributed by atoms with Crippen LogP contribution >= 0.6 is 0 Å². The zero-order valence-corrected chi connectivity index (χ0v) is 19.5. The van der Waals surface area contributed by atoms with Crippen LogP contribution in [-0.2, 0) is 22.7 Å². The van der Waals surface area contributed by atoms with Crippen molar-refractivity contribution in [2.24, 2.45) is 4.99 Å². The molecule has 2 N–H and O–H groups in total. The second-order valence-electron chi connectivity index (χ2n) is 7.50. The Morgan fingerprint density at radius 3 is 2.32 bits per heavy atom. The van der Waals surface area contributed by atoms with Gasteiger partial charge in [-0.25, -0.2) is 8.42 Å². The number of guanidine groups is 1. The number of nitrogens with one attached hydrogen (secondary N) is 2. The van der Waals surface area contributed by atoms with Crippen LogP contribution in [0.2, 0.25) is 0 Å². The fraction of sp³-hybridized carbons (Fsp3) is 0.391. The van der Waals surface area contributed by atoms with Crippen LogP contribution in [0.4, 0.5) is 0 Å². The van der Waals surface area contributed by atoms with Gasteiger partial charge in [0.15, 0.2) is 15.8 Å². The summed E-state index contributed by atoms with van der Waals surface area (Å²) in [5, 5.41) is 6.55. The zero-order chi connectivity index (χ0) is 22.9. The van der Waals surface area contributed by atoms with Crippen LogP contribution in [0.25, 0.3) is 0 Å². The molecule has 0 spiro atoms. The van der Waals surface area contributed by atoms with Crippen molar-refractivity contribution in [2.75, 3.05) is 40.0 Å².